The topological polar surface area (TPSA) is 3.24 Å². The third kappa shape index (κ3) is 5.43. The van der Waals surface area contributed by atoms with Gasteiger partial charge in [0.15, 0.2) is 8.07 Å². The van der Waals surface area contributed by atoms with Gasteiger partial charge in [0, 0.05) is 37.2 Å². The first kappa shape index (κ1) is 33.5. The number of benzene rings is 9. The molecule has 2 heterocycles. The second kappa shape index (κ2) is 13.8. The van der Waals surface area contributed by atoms with Crippen molar-refractivity contribution >= 4 is 77.4 Å². The Labute approximate surface area is 338 Å². The zero-order valence-electron chi connectivity index (χ0n) is 31.2. The molecule has 1 aromatic heterocycles. The number of rotatable bonds is 7. The third-order valence-corrected chi connectivity index (χ3v) is 17.8. The van der Waals surface area contributed by atoms with Gasteiger partial charge in [0.1, 0.15) is 0 Å². The van der Waals surface area contributed by atoms with Crippen LogP contribution in [0.3, 0.4) is 0 Å². The highest BCUT2D eigenvalue weighted by Crippen LogP contribution is 2.44. The van der Waals surface area contributed by atoms with Gasteiger partial charge in [-0.2, -0.15) is 0 Å². The highest BCUT2D eigenvalue weighted by atomic mass is 32.1. The van der Waals surface area contributed by atoms with Crippen LogP contribution in [0.4, 0.5) is 17.1 Å². The maximum atomic E-state index is 2.54. The van der Waals surface area contributed by atoms with Crippen LogP contribution in [0.15, 0.2) is 224 Å². The summed E-state index contributed by atoms with van der Waals surface area (Å²) in [5.41, 5.74) is 11.0. The van der Waals surface area contributed by atoms with Gasteiger partial charge in [0.05, 0.1) is 0 Å². The molecule has 1 aliphatic heterocycles. The summed E-state index contributed by atoms with van der Waals surface area (Å²) in [6.07, 6.45) is 0. The summed E-state index contributed by atoms with van der Waals surface area (Å²) in [6, 6.07) is 83.2. The Balaban J connectivity index is 1.17. The van der Waals surface area contributed by atoms with Gasteiger partial charge < -0.3 is 4.90 Å². The molecule has 57 heavy (non-hydrogen) atoms. The summed E-state index contributed by atoms with van der Waals surface area (Å²) in [4.78, 5) is 2.44. The smallest absolute Gasteiger partial charge is 0.181 e. The average molecular weight is 760 g/mol. The van der Waals surface area contributed by atoms with E-state index in [-0.39, 0.29) is 0 Å². The number of anilines is 3. The molecule has 1 aliphatic rings. The van der Waals surface area contributed by atoms with Crippen molar-refractivity contribution in [2.75, 3.05) is 4.90 Å². The number of hydrogen-bond donors (Lipinski definition) is 0. The van der Waals surface area contributed by atoms with E-state index in [0.717, 1.165) is 17.1 Å². The van der Waals surface area contributed by atoms with E-state index in [4.69, 9.17) is 0 Å². The SMILES string of the molecule is c1ccc(-c2ccc(N(c3ccc(-c4ccccc4)cc3)c3ccc4c(c3)[Si](c3ccccc3)(c3ccccc3)c3ccc5c(sc6ccccc65)c3-4)cc2)cc1. The molecule has 268 valence electrons. The van der Waals surface area contributed by atoms with Crippen LogP contribution in [0.5, 0.6) is 0 Å². The van der Waals surface area contributed by atoms with Crippen LogP contribution in [0.25, 0.3) is 53.6 Å². The lowest BCUT2D eigenvalue weighted by Crippen LogP contribution is -2.72. The lowest BCUT2D eigenvalue weighted by molar-refractivity contribution is 1.29. The van der Waals surface area contributed by atoms with E-state index in [2.05, 4.69) is 229 Å². The van der Waals surface area contributed by atoms with Gasteiger partial charge in [-0.3, -0.25) is 0 Å². The van der Waals surface area contributed by atoms with Gasteiger partial charge in [0.2, 0.25) is 0 Å². The molecule has 0 saturated carbocycles. The Morgan fingerprint density at radius 1 is 0.351 bits per heavy atom. The predicted molar refractivity (Wildman–Crippen MR) is 247 cm³/mol. The molecule has 0 radical (unpaired) electrons. The second-order valence-corrected chi connectivity index (χ2v) is 19.6. The van der Waals surface area contributed by atoms with E-state index < -0.39 is 8.07 Å². The summed E-state index contributed by atoms with van der Waals surface area (Å²) in [5, 5.41) is 8.39. The number of nitrogens with zero attached hydrogens (tertiary/aromatic N) is 1. The predicted octanol–water partition coefficient (Wildman–Crippen LogP) is 12.2. The van der Waals surface area contributed by atoms with Crippen molar-refractivity contribution < 1.29 is 0 Å². The summed E-state index contributed by atoms with van der Waals surface area (Å²) >= 11 is 1.94. The Morgan fingerprint density at radius 2 is 0.825 bits per heavy atom. The average Bonchev–Trinajstić information content (AvgIpc) is 3.82. The summed E-state index contributed by atoms with van der Waals surface area (Å²) in [5.74, 6) is 0. The maximum absolute atomic E-state index is 2.80. The van der Waals surface area contributed by atoms with Crippen LogP contribution in [0, 0.1) is 0 Å². The molecule has 0 bridgehead atoms. The first-order chi connectivity index (χ1) is 28.3. The maximum Gasteiger partial charge on any atom is 0.181 e. The molecule has 10 aromatic rings. The molecule has 0 aliphatic carbocycles. The van der Waals surface area contributed by atoms with Crippen molar-refractivity contribution in [3.05, 3.63) is 224 Å². The van der Waals surface area contributed by atoms with Gasteiger partial charge in [0.25, 0.3) is 0 Å². The normalized spacial score (nSPS) is 12.7. The van der Waals surface area contributed by atoms with Gasteiger partial charge in [-0.1, -0.05) is 182 Å². The molecule has 0 fully saturated rings. The molecule has 0 unspecified atom stereocenters. The molecule has 0 amide bonds. The zero-order chi connectivity index (χ0) is 37.8. The van der Waals surface area contributed by atoms with Crippen molar-refractivity contribution in [1.82, 2.24) is 0 Å². The Bertz CT molecular complexity index is 2910. The molecule has 11 rings (SSSR count). The van der Waals surface area contributed by atoms with Crippen molar-refractivity contribution in [1.29, 1.82) is 0 Å². The summed E-state index contributed by atoms with van der Waals surface area (Å²) < 4.78 is 2.72. The molecule has 1 nitrogen and oxygen atoms in total. The molecule has 0 spiro atoms. The molecule has 0 saturated heterocycles. The Kier molecular flexibility index (Phi) is 8.09. The van der Waals surface area contributed by atoms with Crippen molar-refractivity contribution in [2.45, 2.75) is 0 Å². The van der Waals surface area contributed by atoms with Crippen LogP contribution in [-0.4, -0.2) is 8.07 Å². The van der Waals surface area contributed by atoms with Crippen LogP contribution in [0.2, 0.25) is 0 Å². The quantitative estimate of drug-likeness (QED) is 0.146. The molecular formula is C54H37NSSi. The highest BCUT2D eigenvalue weighted by molar-refractivity contribution is 7.28. The first-order valence-electron chi connectivity index (χ1n) is 19.6. The Hall–Kier alpha value is -6.78. The third-order valence-electron chi connectivity index (χ3n) is 11.8. The van der Waals surface area contributed by atoms with Crippen LogP contribution in [-0.2, 0) is 0 Å². The second-order valence-electron chi connectivity index (χ2n) is 14.8. The lowest BCUT2D eigenvalue weighted by atomic mass is 10.0. The fraction of sp³-hybridized carbons (Fsp3) is 0. The fourth-order valence-electron chi connectivity index (χ4n) is 9.19. The molecule has 9 aromatic carbocycles. The van der Waals surface area contributed by atoms with Crippen LogP contribution < -0.4 is 25.6 Å². The van der Waals surface area contributed by atoms with E-state index in [0.29, 0.717) is 0 Å². The van der Waals surface area contributed by atoms with Gasteiger partial charge >= 0.3 is 0 Å². The van der Waals surface area contributed by atoms with E-state index in [1.54, 1.807) is 0 Å². The van der Waals surface area contributed by atoms with E-state index >= 15 is 0 Å². The standard InChI is InChI=1S/C54H37NSSi/c1-5-15-38(16-6-1)40-25-29-42(30-26-40)55(43-31-27-41(28-32-43)39-17-7-2-8-18-39)44-33-34-49-52(37-44)57(45-19-9-3-10-20-45,46-21-11-4-12-22-46)51-36-35-48-47-23-13-14-24-50(47)56-54(48)53(49)51/h1-37H. The molecule has 0 atom stereocenters. The lowest BCUT2D eigenvalue weighted by Gasteiger charge is -2.33. The largest absolute Gasteiger partial charge is 0.311 e. The van der Waals surface area contributed by atoms with E-state index in [1.807, 2.05) is 11.3 Å². The minimum atomic E-state index is -2.80. The molecule has 0 N–H and O–H groups in total. The number of hydrogen-bond acceptors (Lipinski definition) is 2. The highest BCUT2D eigenvalue weighted by Gasteiger charge is 2.49. The van der Waals surface area contributed by atoms with Crippen molar-refractivity contribution in [3.8, 4) is 33.4 Å². The minimum Gasteiger partial charge on any atom is -0.311 e. The van der Waals surface area contributed by atoms with E-state index in [9.17, 15) is 0 Å². The fourth-order valence-corrected chi connectivity index (χ4v) is 15.7. The van der Waals surface area contributed by atoms with Crippen molar-refractivity contribution in [3.63, 3.8) is 0 Å². The first-order valence-corrected chi connectivity index (χ1v) is 22.4. The number of thiophene rings is 1. The minimum absolute atomic E-state index is 1.12. The van der Waals surface area contributed by atoms with Crippen molar-refractivity contribution in [2.24, 2.45) is 0 Å². The summed E-state index contributed by atoms with van der Waals surface area (Å²) in [7, 11) is -2.80. The number of fused-ring (bicyclic) bond motifs is 7. The molecular weight excluding hydrogens is 723 g/mol. The summed E-state index contributed by atoms with van der Waals surface area (Å²) in [6.45, 7) is 0. The molecule has 3 heteroatoms. The van der Waals surface area contributed by atoms with Gasteiger partial charge in [-0.25, -0.2) is 0 Å². The van der Waals surface area contributed by atoms with Gasteiger partial charge in [-0.15, -0.1) is 11.3 Å². The van der Waals surface area contributed by atoms with Crippen LogP contribution in [0.1, 0.15) is 0 Å². The van der Waals surface area contributed by atoms with Crippen LogP contribution >= 0.6 is 11.3 Å². The van der Waals surface area contributed by atoms with Gasteiger partial charge in [-0.05, 0) is 96.6 Å². The zero-order valence-corrected chi connectivity index (χ0v) is 33.0. The monoisotopic (exact) mass is 759 g/mol. The Morgan fingerprint density at radius 3 is 1.39 bits per heavy atom. The van der Waals surface area contributed by atoms with E-state index in [1.165, 1.54) is 74.3 Å².